The molecule has 0 aliphatic rings. The Morgan fingerprint density at radius 1 is 0.971 bits per heavy atom. The molecule has 0 fully saturated rings. The van der Waals surface area contributed by atoms with Crippen molar-refractivity contribution in [3.63, 3.8) is 0 Å². The highest BCUT2D eigenvalue weighted by atomic mass is 35.5. The summed E-state index contributed by atoms with van der Waals surface area (Å²) in [7, 11) is 0. The molecule has 0 aliphatic carbocycles. The van der Waals surface area contributed by atoms with E-state index in [9.17, 15) is 18.4 Å². The van der Waals surface area contributed by atoms with Gasteiger partial charge in [0.05, 0.1) is 10.6 Å². The molecule has 6 nitrogen and oxygen atoms in total. The van der Waals surface area contributed by atoms with Crippen LogP contribution in [-0.4, -0.2) is 29.5 Å². The van der Waals surface area contributed by atoms with Crippen molar-refractivity contribution in [2.45, 2.75) is 19.1 Å². The molecule has 9 heteroatoms. The van der Waals surface area contributed by atoms with Crippen LogP contribution < -0.4 is 15.4 Å². The van der Waals surface area contributed by atoms with Crippen molar-refractivity contribution in [2.24, 2.45) is 0 Å². The third-order valence-electron chi connectivity index (χ3n) is 5.19. The predicted molar refractivity (Wildman–Crippen MR) is 126 cm³/mol. The zero-order valence-corrected chi connectivity index (χ0v) is 18.5. The molecule has 0 spiro atoms. The summed E-state index contributed by atoms with van der Waals surface area (Å²) < 4.78 is 29.1. The van der Waals surface area contributed by atoms with Gasteiger partial charge in [0.1, 0.15) is 11.8 Å². The van der Waals surface area contributed by atoms with Gasteiger partial charge in [-0.1, -0.05) is 41.9 Å². The smallest absolute Gasteiger partial charge is 0.387 e. The Morgan fingerprint density at radius 3 is 2.41 bits per heavy atom. The molecule has 174 valence electrons. The van der Waals surface area contributed by atoms with Gasteiger partial charge in [0, 0.05) is 29.2 Å². The van der Waals surface area contributed by atoms with Crippen LogP contribution in [0.1, 0.15) is 15.9 Å². The number of rotatable bonds is 8. The second-order valence-electron chi connectivity index (χ2n) is 7.46. The van der Waals surface area contributed by atoms with Gasteiger partial charge in [-0.2, -0.15) is 8.78 Å². The van der Waals surface area contributed by atoms with Gasteiger partial charge in [-0.25, -0.2) is 0 Å². The maximum absolute atomic E-state index is 13.2. The number of hydrogen-bond acceptors (Lipinski definition) is 3. The van der Waals surface area contributed by atoms with Crippen molar-refractivity contribution in [2.75, 3.05) is 5.32 Å². The van der Waals surface area contributed by atoms with E-state index in [4.69, 9.17) is 11.6 Å². The third-order valence-corrected chi connectivity index (χ3v) is 5.52. The van der Waals surface area contributed by atoms with E-state index in [1.807, 2.05) is 24.3 Å². The number of anilines is 1. The quantitative estimate of drug-likeness (QED) is 0.313. The number of alkyl halides is 2. The van der Waals surface area contributed by atoms with E-state index in [1.54, 1.807) is 30.5 Å². The van der Waals surface area contributed by atoms with Crippen LogP contribution in [0.15, 0.2) is 79.0 Å². The molecule has 1 atom stereocenters. The lowest BCUT2D eigenvalue weighted by atomic mass is 10.0. The first-order valence-electron chi connectivity index (χ1n) is 10.4. The van der Waals surface area contributed by atoms with Crippen LogP contribution in [0.3, 0.4) is 0 Å². The van der Waals surface area contributed by atoms with Crippen LogP contribution in [-0.2, 0) is 11.2 Å². The molecule has 0 radical (unpaired) electrons. The topological polar surface area (TPSA) is 83.2 Å². The fraction of sp³-hybridized carbons (Fsp3) is 0.120. The summed E-state index contributed by atoms with van der Waals surface area (Å²) in [6.07, 6.45) is 2.00. The molecule has 0 saturated carbocycles. The van der Waals surface area contributed by atoms with Crippen LogP contribution in [0.5, 0.6) is 5.75 Å². The molecule has 0 saturated heterocycles. The van der Waals surface area contributed by atoms with Crippen molar-refractivity contribution in [1.82, 2.24) is 10.3 Å². The van der Waals surface area contributed by atoms with E-state index >= 15 is 0 Å². The van der Waals surface area contributed by atoms with Crippen molar-refractivity contribution in [1.29, 1.82) is 0 Å². The second kappa shape index (κ2) is 10.4. The molecule has 0 aliphatic heterocycles. The van der Waals surface area contributed by atoms with E-state index < -0.39 is 24.5 Å². The fourth-order valence-corrected chi connectivity index (χ4v) is 3.78. The number of carbonyl (C=O) groups excluding carboxylic acids is 2. The molecule has 4 aromatic rings. The zero-order chi connectivity index (χ0) is 24.1. The Labute approximate surface area is 198 Å². The summed E-state index contributed by atoms with van der Waals surface area (Å²) in [6, 6.07) is 18.7. The molecule has 0 bridgehead atoms. The highest BCUT2D eigenvalue weighted by Crippen LogP contribution is 2.22. The maximum atomic E-state index is 13.2. The minimum absolute atomic E-state index is 0.0321. The van der Waals surface area contributed by atoms with Gasteiger partial charge in [-0.05, 0) is 48.0 Å². The molecule has 34 heavy (non-hydrogen) atoms. The number of amides is 2. The van der Waals surface area contributed by atoms with Gasteiger partial charge in [0.25, 0.3) is 5.91 Å². The fourth-order valence-electron chi connectivity index (χ4n) is 3.56. The lowest BCUT2D eigenvalue weighted by molar-refractivity contribution is -0.118. The summed E-state index contributed by atoms with van der Waals surface area (Å²) in [5.74, 6) is -1.00. The second-order valence-corrected chi connectivity index (χ2v) is 7.87. The lowest BCUT2D eigenvalue weighted by Crippen LogP contribution is -2.45. The summed E-state index contributed by atoms with van der Waals surface area (Å²) >= 11 is 6.15. The summed E-state index contributed by atoms with van der Waals surface area (Å²) in [4.78, 5) is 29.2. The zero-order valence-electron chi connectivity index (χ0n) is 17.7. The summed E-state index contributed by atoms with van der Waals surface area (Å²) in [5, 5.41) is 6.67. The van der Waals surface area contributed by atoms with Gasteiger partial charge in [-0.3, -0.25) is 9.59 Å². The van der Waals surface area contributed by atoms with E-state index in [1.165, 1.54) is 24.3 Å². The van der Waals surface area contributed by atoms with Gasteiger partial charge >= 0.3 is 6.61 Å². The standard InChI is InChI=1S/C25H20ClF2N3O3/c26-20-7-3-1-6-19(20)23(32)31-22(13-15-14-29-21-8-4-2-5-18(15)21)24(33)30-16-9-11-17(12-10-16)34-25(27)28/h1-12,14,22,25,29H,13H2,(H,30,33)(H,31,32). The molecule has 1 unspecified atom stereocenters. The molecule has 1 heterocycles. The van der Waals surface area contributed by atoms with E-state index in [-0.39, 0.29) is 22.8 Å². The number of H-pyrrole nitrogens is 1. The number of nitrogens with one attached hydrogen (secondary N) is 3. The van der Waals surface area contributed by atoms with Crippen LogP contribution in [0.4, 0.5) is 14.5 Å². The Morgan fingerprint density at radius 2 is 1.68 bits per heavy atom. The largest absolute Gasteiger partial charge is 0.435 e. The average Bonchev–Trinajstić information content (AvgIpc) is 3.22. The van der Waals surface area contributed by atoms with Crippen molar-refractivity contribution < 1.29 is 23.1 Å². The Kier molecular flexibility index (Phi) is 7.08. The number of benzene rings is 3. The Balaban J connectivity index is 1.56. The van der Waals surface area contributed by atoms with Crippen LogP contribution in [0.2, 0.25) is 5.02 Å². The minimum atomic E-state index is -2.94. The molecular weight excluding hydrogens is 464 g/mol. The number of halogens is 3. The molecule has 2 amide bonds. The number of aromatic nitrogens is 1. The molecule has 3 N–H and O–H groups in total. The van der Waals surface area contributed by atoms with Crippen LogP contribution in [0, 0.1) is 0 Å². The van der Waals surface area contributed by atoms with Crippen molar-refractivity contribution in [3.8, 4) is 5.75 Å². The number of ether oxygens (including phenoxy) is 1. The third kappa shape index (κ3) is 5.52. The highest BCUT2D eigenvalue weighted by Gasteiger charge is 2.24. The number of aromatic amines is 1. The first-order chi connectivity index (χ1) is 16.4. The van der Waals surface area contributed by atoms with Gasteiger partial charge in [0.15, 0.2) is 0 Å². The molecular formula is C25H20ClF2N3O3. The Bertz CT molecular complexity index is 1310. The average molecular weight is 484 g/mol. The monoisotopic (exact) mass is 483 g/mol. The highest BCUT2D eigenvalue weighted by molar-refractivity contribution is 6.33. The summed E-state index contributed by atoms with van der Waals surface area (Å²) in [6.45, 7) is -2.94. The van der Waals surface area contributed by atoms with Gasteiger partial charge in [0.2, 0.25) is 5.91 Å². The van der Waals surface area contributed by atoms with E-state index in [2.05, 4.69) is 20.4 Å². The normalized spacial score (nSPS) is 11.9. The first-order valence-corrected chi connectivity index (χ1v) is 10.7. The molecule has 4 rings (SSSR count). The minimum Gasteiger partial charge on any atom is -0.435 e. The van der Waals surface area contributed by atoms with Gasteiger partial charge < -0.3 is 20.4 Å². The first kappa shape index (κ1) is 23.3. The van der Waals surface area contributed by atoms with E-state index in [0.717, 1.165) is 16.5 Å². The Hall–Kier alpha value is -3.91. The number of para-hydroxylation sites is 1. The van der Waals surface area contributed by atoms with Crippen LogP contribution in [0.25, 0.3) is 10.9 Å². The molecule has 1 aromatic heterocycles. The SMILES string of the molecule is O=C(NC(Cc1c[nH]c2ccccc12)C(=O)Nc1ccc(OC(F)F)cc1)c1ccccc1Cl. The number of carbonyl (C=O) groups is 2. The van der Waals surface area contributed by atoms with Gasteiger partial charge in [-0.15, -0.1) is 0 Å². The number of hydrogen-bond donors (Lipinski definition) is 3. The van der Waals surface area contributed by atoms with Crippen molar-refractivity contribution >= 4 is 40.0 Å². The summed E-state index contributed by atoms with van der Waals surface area (Å²) in [5.41, 5.74) is 2.36. The lowest BCUT2D eigenvalue weighted by Gasteiger charge is -2.19. The number of fused-ring (bicyclic) bond motifs is 1. The van der Waals surface area contributed by atoms with Crippen molar-refractivity contribution in [3.05, 3.63) is 95.1 Å². The maximum Gasteiger partial charge on any atom is 0.387 e. The van der Waals surface area contributed by atoms with E-state index in [0.29, 0.717) is 5.69 Å². The molecule has 3 aromatic carbocycles. The van der Waals surface area contributed by atoms with Crippen LogP contribution >= 0.6 is 11.6 Å². The predicted octanol–water partition coefficient (Wildman–Crippen LogP) is 5.40.